The largest absolute Gasteiger partial charge is 0.462 e. The fraction of sp³-hybridized carbons (Fsp3) is 0.235. The molecule has 0 aliphatic rings. The average molecular weight is 470 g/mol. The minimum absolute atomic E-state index is 0.121. The minimum Gasteiger partial charge on any atom is -0.462 e. The van der Waals surface area contributed by atoms with E-state index in [1.165, 1.54) is 17.4 Å². The zero-order valence-corrected chi connectivity index (χ0v) is 16.8. The van der Waals surface area contributed by atoms with Crippen LogP contribution in [0, 0.1) is 28.9 Å². The van der Waals surface area contributed by atoms with Gasteiger partial charge in [-0.3, -0.25) is 4.79 Å². The van der Waals surface area contributed by atoms with Gasteiger partial charge in [0.2, 0.25) is 0 Å². The summed E-state index contributed by atoms with van der Waals surface area (Å²) in [6, 6.07) is 5.24. The molecule has 0 aliphatic heterocycles. The number of furan rings is 1. The van der Waals surface area contributed by atoms with E-state index in [9.17, 15) is 14.9 Å². The van der Waals surface area contributed by atoms with Gasteiger partial charge in [-0.2, -0.15) is 5.26 Å². The molecule has 2 aromatic heterocycles. The van der Waals surface area contributed by atoms with Crippen LogP contribution in [0.5, 0.6) is 0 Å². The number of thiophene rings is 1. The first kappa shape index (κ1) is 19.2. The quantitative estimate of drug-likeness (QED) is 0.305. The lowest BCUT2D eigenvalue weighted by Crippen LogP contribution is -2.16. The third-order valence-corrected chi connectivity index (χ3v) is 5.04. The number of esters is 1. The van der Waals surface area contributed by atoms with E-state index < -0.39 is 11.9 Å². The number of nitrogens with one attached hydrogen (secondary N) is 1. The van der Waals surface area contributed by atoms with Crippen molar-refractivity contribution in [2.24, 2.45) is 0 Å². The van der Waals surface area contributed by atoms with E-state index in [0.29, 0.717) is 20.1 Å². The first-order valence-corrected chi connectivity index (χ1v) is 9.22. The molecule has 0 spiro atoms. The van der Waals surface area contributed by atoms with Gasteiger partial charge in [0.15, 0.2) is 3.77 Å². The topological polar surface area (TPSA) is 92.3 Å². The molecule has 8 heteroatoms. The minimum atomic E-state index is -0.610. The van der Waals surface area contributed by atoms with Crippen LogP contribution in [-0.2, 0) is 9.53 Å². The molecule has 0 atom stereocenters. The summed E-state index contributed by atoms with van der Waals surface area (Å²) in [6.45, 7) is 5.59. The molecule has 0 fully saturated rings. The molecular weight excluding hydrogens is 455 g/mol. The van der Waals surface area contributed by atoms with Crippen molar-refractivity contribution < 1.29 is 18.7 Å². The summed E-state index contributed by atoms with van der Waals surface area (Å²) in [5.41, 5.74) is 0.952. The second-order valence-electron chi connectivity index (χ2n) is 4.97. The van der Waals surface area contributed by atoms with E-state index in [1.807, 2.05) is 35.6 Å². The summed E-state index contributed by atoms with van der Waals surface area (Å²) in [4.78, 5) is 25.5. The first-order valence-electron chi connectivity index (χ1n) is 7.33. The Morgan fingerprint density at radius 2 is 2.16 bits per heavy atom. The fourth-order valence-electron chi connectivity index (χ4n) is 2.03. The number of halogens is 1. The summed E-state index contributed by atoms with van der Waals surface area (Å²) in [7, 11) is 0. The average Bonchev–Trinajstić information content (AvgIpc) is 3.08. The lowest BCUT2D eigenvalue weighted by molar-refractivity contribution is -0.112. The maximum absolute atomic E-state index is 12.4. The molecule has 2 rings (SSSR count). The van der Waals surface area contributed by atoms with Crippen LogP contribution in [0.2, 0.25) is 0 Å². The van der Waals surface area contributed by atoms with Crippen molar-refractivity contribution in [2.75, 3.05) is 11.9 Å². The maximum atomic E-state index is 12.4. The standard InChI is InChI=1S/C17H15IN2O4S/c1-4-23-17(22)14-9(2)10(3)25-16(14)20-15(21)11(8-19)7-12-5-6-13(18)24-12/h5-7H,4H2,1-3H3,(H,20,21). The van der Waals surface area contributed by atoms with Crippen molar-refractivity contribution in [3.05, 3.63) is 43.2 Å². The van der Waals surface area contributed by atoms with Gasteiger partial charge in [-0.25, -0.2) is 4.79 Å². The Hall–Kier alpha value is -2.12. The van der Waals surface area contributed by atoms with Gasteiger partial charge in [0, 0.05) is 11.0 Å². The van der Waals surface area contributed by atoms with Crippen molar-refractivity contribution >= 4 is 56.9 Å². The molecule has 25 heavy (non-hydrogen) atoms. The monoisotopic (exact) mass is 470 g/mol. The van der Waals surface area contributed by atoms with Crippen LogP contribution in [0.4, 0.5) is 5.00 Å². The third-order valence-electron chi connectivity index (χ3n) is 3.34. The third kappa shape index (κ3) is 4.49. The number of nitrogens with zero attached hydrogens (tertiary/aromatic N) is 1. The molecule has 0 saturated heterocycles. The molecule has 0 bridgehead atoms. The Labute approximate surface area is 162 Å². The van der Waals surface area contributed by atoms with Gasteiger partial charge in [-0.15, -0.1) is 11.3 Å². The Balaban J connectivity index is 2.31. The highest BCUT2D eigenvalue weighted by atomic mass is 127. The summed E-state index contributed by atoms with van der Waals surface area (Å²) in [5, 5.41) is 12.3. The predicted molar refractivity (Wildman–Crippen MR) is 103 cm³/mol. The molecule has 1 N–H and O–H groups in total. The Bertz CT molecular complexity index is 889. The SMILES string of the molecule is CCOC(=O)c1c(NC(=O)C(C#N)=Cc2ccc(I)o2)sc(C)c1C. The number of hydrogen-bond donors (Lipinski definition) is 1. The normalized spacial score (nSPS) is 11.1. The second kappa shape index (κ2) is 8.31. The van der Waals surface area contributed by atoms with Crippen LogP contribution in [0.3, 0.4) is 0 Å². The molecule has 6 nitrogen and oxygen atoms in total. The van der Waals surface area contributed by atoms with Crippen LogP contribution in [0.1, 0.15) is 33.5 Å². The molecule has 130 valence electrons. The number of hydrogen-bond acceptors (Lipinski definition) is 6. The van der Waals surface area contributed by atoms with Crippen LogP contribution < -0.4 is 5.32 Å². The van der Waals surface area contributed by atoms with Gasteiger partial charge in [-0.1, -0.05) is 0 Å². The fourth-order valence-corrected chi connectivity index (χ4v) is 3.51. The lowest BCUT2D eigenvalue weighted by Gasteiger charge is -2.06. The van der Waals surface area contributed by atoms with E-state index in [1.54, 1.807) is 26.0 Å². The highest BCUT2D eigenvalue weighted by molar-refractivity contribution is 14.1. The second-order valence-corrected chi connectivity index (χ2v) is 7.26. The maximum Gasteiger partial charge on any atom is 0.341 e. The highest BCUT2D eigenvalue weighted by Gasteiger charge is 2.23. The highest BCUT2D eigenvalue weighted by Crippen LogP contribution is 2.33. The van der Waals surface area contributed by atoms with E-state index >= 15 is 0 Å². The van der Waals surface area contributed by atoms with Gasteiger partial charge >= 0.3 is 5.97 Å². The van der Waals surface area contributed by atoms with E-state index in [-0.39, 0.29) is 12.2 Å². The number of anilines is 1. The van der Waals surface area contributed by atoms with Crippen LogP contribution in [-0.4, -0.2) is 18.5 Å². The number of ether oxygens (including phenoxy) is 1. The first-order chi connectivity index (χ1) is 11.9. The molecular formula is C17H15IN2O4S. The van der Waals surface area contributed by atoms with Crippen LogP contribution in [0.25, 0.3) is 6.08 Å². The van der Waals surface area contributed by atoms with Crippen LogP contribution in [0.15, 0.2) is 22.1 Å². The van der Waals surface area contributed by atoms with E-state index in [2.05, 4.69) is 5.32 Å². The van der Waals surface area contributed by atoms with Crippen molar-refractivity contribution in [3.63, 3.8) is 0 Å². The smallest absolute Gasteiger partial charge is 0.341 e. The Morgan fingerprint density at radius 3 is 2.72 bits per heavy atom. The Kier molecular flexibility index (Phi) is 6.39. The van der Waals surface area contributed by atoms with Crippen molar-refractivity contribution in [2.45, 2.75) is 20.8 Å². The summed E-state index contributed by atoms with van der Waals surface area (Å²) < 4.78 is 11.0. The van der Waals surface area contributed by atoms with E-state index in [4.69, 9.17) is 9.15 Å². The van der Waals surface area contributed by atoms with Crippen LogP contribution >= 0.6 is 33.9 Å². The summed E-state index contributed by atoms with van der Waals surface area (Å²) in [5.74, 6) is -0.705. The molecule has 0 saturated carbocycles. The molecule has 0 radical (unpaired) electrons. The van der Waals surface area contributed by atoms with Crippen molar-refractivity contribution in [1.82, 2.24) is 0 Å². The van der Waals surface area contributed by atoms with Gasteiger partial charge in [-0.05, 0) is 61.1 Å². The zero-order valence-electron chi connectivity index (χ0n) is 13.8. The number of carbonyl (C=O) groups excluding carboxylic acids is 2. The number of aryl methyl sites for hydroxylation is 1. The van der Waals surface area contributed by atoms with Gasteiger partial charge in [0.1, 0.15) is 22.4 Å². The molecule has 2 heterocycles. The zero-order chi connectivity index (χ0) is 18.6. The molecule has 0 aliphatic carbocycles. The number of carbonyl (C=O) groups is 2. The summed E-state index contributed by atoms with van der Waals surface area (Å²) in [6.07, 6.45) is 1.36. The predicted octanol–water partition coefficient (Wildman–Crippen LogP) is 4.28. The Morgan fingerprint density at radius 1 is 1.44 bits per heavy atom. The van der Waals surface area contributed by atoms with E-state index in [0.717, 1.165) is 10.4 Å². The van der Waals surface area contributed by atoms with Gasteiger partial charge in [0.25, 0.3) is 5.91 Å². The van der Waals surface area contributed by atoms with Crippen molar-refractivity contribution in [3.8, 4) is 6.07 Å². The van der Waals surface area contributed by atoms with Crippen molar-refractivity contribution in [1.29, 1.82) is 5.26 Å². The number of amides is 1. The van der Waals surface area contributed by atoms with Gasteiger partial charge in [0.05, 0.1) is 12.2 Å². The molecule has 0 unspecified atom stereocenters. The molecule has 1 amide bonds. The van der Waals surface area contributed by atoms with Gasteiger partial charge < -0.3 is 14.5 Å². The lowest BCUT2D eigenvalue weighted by atomic mass is 10.1. The summed E-state index contributed by atoms with van der Waals surface area (Å²) >= 11 is 3.26. The number of nitriles is 1. The molecule has 0 aromatic carbocycles. The number of rotatable bonds is 5. The molecule has 2 aromatic rings.